The summed E-state index contributed by atoms with van der Waals surface area (Å²) in [4.78, 5) is 0. The van der Waals surface area contributed by atoms with E-state index >= 15 is 0 Å². The van der Waals surface area contributed by atoms with Gasteiger partial charge in [-0.05, 0) is 36.5 Å². The lowest BCUT2D eigenvalue weighted by Crippen LogP contribution is -2.25. The lowest BCUT2D eigenvalue weighted by atomic mass is 9.71. The molecule has 1 rings (SSSR count). The van der Waals surface area contributed by atoms with Crippen LogP contribution in [0, 0.1) is 23.7 Å². The molecule has 0 saturated heterocycles. The Labute approximate surface area is 65.0 Å². The van der Waals surface area contributed by atoms with Crippen LogP contribution in [-0.4, -0.2) is 0 Å². The van der Waals surface area contributed by atoms with E-state index in [0.717, 1.165) is 23.7 Å². The van der Waals surface area contributed by atoms with Gasteiger partial charge in [0.15, 0.2) is 0 Å². The number of rotatable bonds is 0. The Balaban J connectivity index is 2.46. The van der Waals surface area contributed by atoms with Crippen LogP contribution < -0.4 is 0 Å². The van der Waals surface area contributed by atoms with E-state index in [1.807, 2.05) is 0 Å². The lowest BCUT2D eigenvalue weighted by Gasteiger charge is -2.35. The normalized spacial score (nSPS) is 49.2. The van der Waals surface area contributed by atoms with Crippen molar-refractivity contribution in [1.82, 2.24) is 0 Å². The van der Waals surface area contributed by atoms with Crippen LogP contribution in [0.4, 0.5) is 0 Å². The molecular formula is C10H20. The molecule has 0 N–H and O–H groups in total. The first-order valence-corrected chi connectivity index (χ1v) is 4.61. The summed E-state index contributed by atoms with van der Waals surface area (Å²) in [6.07, 6.45) is 2.89. The first kappa shape index (κ1) is 8.10. The molecule has 60 valence electrons. The molecule has 0 unspecified atom stereocenters. The second kappa shape index (κ2) is 2.94. The van der Waals surface area contributed by atoms with Gasteiger partial charge in [-0.3, -0.25) is 0 Å². The van der Waals surface area contributed by atoms with Crippen LogP contribution in [0.2, 0.25) is 0 Å². The predicted octanol–water partition coefficient (Wildman–Crippen LogP) is 3.32. The molecule has 1 aliphatic rings. The smallest absolute Gasteiger partial charge is 0.0414 e. The summed E-state index contributed by atoms with van der Waals surface area (Å²) in [5, 5.41) is 0. The maximum absolute atomic E-state index is 2.40. The van der Waals surface area contributed by atoms with Crippen molar-refractivity contribution >= 4 is 0 Å². The summed E-state index contributed by atoms with van der Waals surface area (Å²) in [7, 11) is 0. The summed E-state index contributed by atoms with van der Waals surface area (Å²) in [6, 6.07) is 0. The average Bonchev–Trinajstić information content (AvgIpc) is 1.84. The first-order chi connectivity index (χ1) is 4.61. The zero-order chi connectivity index (χ0) is 7.72. The first-order valence-electron chi connectivity index (χ1n) is 4.61. The van der Waals surface area contributed by atoms with Crippen LogP contribution in [0.15, 0.2) is 0 Å². The molecule has 0 amide bonds. The van der Waals surface area contributed by atoms with Gasteiger partial charge in [0.1, 0.15) is 0 Å². The second-order valence-corrected chi connectivity index (χ2v) is 4.38. The van der Waals surface area contributed by atoms with E-state index < -0.39 is 0 Å². The van der Waals surface area contributed by atoms with Gasteiger partial charge in [0, 0.05) is 0 Å². The molecule has 10 heavy (non-hydrogen) atoms. The minimum atomic E-state index is 0.964. The Morgan fingerprint density at radius 2 is 0.800 bits per heavy atom. The standard InChI is InChI=1S/C10H20/c1-7-5-9(3)10(4)6-8(7)2/h7-10H,5-6H2,1-4H3/t7-,8-,9-,10-/m1/s1. The topological polar surface area (TPSA) is 0 Å². The van der Waals surface area contributed by atoms with Gasteiger partial charge in [0.05, 0.1) is 0 Å². The van der Waals surface area contributed by atoms with Crippen molar-refractivity contribution in [3.63, 3.8) is 0 Å². The molecule has 0 bridgehead atoms. The number of hydrogen-bond donors (Lipinski definition) is 0. The summed E-state index contributed by atoms with van der Waals surface area (Å²) in [5.41, 5.74) is 0. The van der Waals surface area contributed by atoms with Crippen LogP contribution in [0.5, 0.6) is 0 Å². The highest BCUT2D eigenvalue weighted by Crippen LogP contribution is 2.36. The molecule has 0 radical (unpaired) electrons. The molecule has 0 aliphatic heterocycles. The molecular weight excluding hydrogens is 120 g/mol. The minimum absolute atomic E-state index is 0.964. The summed E-state index contributed by atoms with van der Waals surface area (Å²) in [6.45, 7) is 9.58. The van der Waals surface area contributed by atoms with E-state index in [1.165, 1.54) is 12.8 Å². The van der Waals surface area contributed by atoms with Gasteiger partial charge in [0.25, 0.3) is 0 Å². The Bertz CT molecular complexity index is 80.6. The van der Waals surface area contributed by atoms with Crippen molar-refractivity contribution in [2.75, 3.05) is 0 Å². The number of hydrogen-bond acceptors (Lipinski definition) is 0. The fourth-order valence-electron chi connectivity index (χ4n) is 2.10. The molecule has 0 spiro atoms. The zero-order valence-corrected chi connectivity index (χ0v) is 7.72. The average molecular weight is 140 g/mol. The van der Waals surface area contributed by atoms with E-state index in [2.05, 4.69) is 27.7 Å². The van der Waals surface area contributed by atoms with Crippen molar-refractivity contribution in [3.8, 4) is 0 Å². The fraction of sp³-hybridized carbons (Fsp3) is 1.00. The van der Waals surface area contributed by atoms with Crippen molar-refractivity contribution in [2.45, 2.75) is 40.5 Å². The van der Waals surface area contributed by atoms with Crippen LogP contribution in [-0.2, 0) is 0 Å². The van der Waals surface area contributed by atoms with Crippen LogP contribution >= 0.6 is 0 Å². The van der Waals surface area contributed by atoms with Crippen molar-refractivity contribution in [3.05, 3.63) is 0 Å². The van der Waals surface area contributed by atoms with E-state index in [-0.39, 0.29) is 0 Å². The third-order valence-electron chi connectivity index (χ3n) is 3.43. The van der Waals surface area contributed by atoms with Gasteiger partial charge >= 0.3 is 0 Å². The molecule has 0 aromatic heterocycles. The van der Waals surface area contributed by atoms with E-state index in [4.69, 9.17) is 0 Å². The van der Waals surface area contributed by atoms with Gasteiger partial charge in [-0.1, -0.05) is 27.7 Å². The second-order valence-electron chi connectivity index (χ2n) is 4.38. The third-order valence-corrected chi connectivity index (χ3v) is 3.43. The van der Waals surface area contributed by atoms with Crippen LogP contribution in [0.3, 0.4) is 0 Å². The Morgan fingerprint density at radius 1 is 0.600 bits per heavy atom. The molecule has 4 atom stereocenters. The largest absolute Gasteiger partial charge is 0.0622 e. The van der Waals surface area contributed by atoms with Crippen molar-refractivity contribution in [1.29, 1.82) is 0 Å². The quantitative estimate of drug-likeness (QED) is 0.484. The molecule has 1 aliphatic carbocycles. The molecule has 1 saturated carbocycles. The zero-order valence-electron chi connectivity index (χ0n) is 7.72. The highest BCUT2D eigenvalue weighted by atomic mass is 14.3. The Kier molecular flexibility index (Phi) is 2.38. The molecule has 0 aromatic rings. The van der Waals surface area contributed by atoms with Crippen LogP contribution in [0.25, 0.3) is 0 Å². The fourth-order valence-corrected chi connectivity index (χ4v) is 2.10. The summed E-state index contributed by atoms with van der Waals surface area (Å²) >= 11 is 0. The summed E-state index contributed by atoms with van der Waals surface area (Å²) in [5.74, 6) is 3.86. The molecule has 1 fully saturated rings. The van der Waals surface area contributed by atoms with Gasteiger partial charge in [-0.2, -0.15) is 0 Å². The monoisotopic (exact) mass is 140 g/mol. The van der Waals surface area contributed by atoms with E-state index in [9.17, 15) is 0 Å². The maximum atomic E-state index is 2.40. The minimum Gasteiger partial charge on any atom is -0.0622 e. The van der Waals surface area contributed by atoms with Gasteiger partial charge < -0.3 is 0 Å². The predicted molar refractivity (Wildman–Crippen MR) is 45.9 cm³/mol. The Morgan fingerprint density at radius 3 is 1.00 bits per heavy atom. The molecule has 0 heterocycles. The summed E-state index contributed by atoms with van der Waals surface area (Å²) < 4.78 is 0. The van der Waals surface area contributed by atoms with Crippen molar-refractivity contribution < 1.29 is 0 Å². The van der Waals surface area contributed by atoms with Gasteiger partial charge in [-0.25, -0.2) is 0 Å². The third kappa shape index (κ3) is 1.53. The molecule has 0 aromatic carbocycles. The van der Waals surface area contributed by atoms with Crippen LogP contribution in [0.1, 0.15) is 40.5 Å². The maximum Gasteiger partial charge on any atom is -0.0414 e. The lowest BCUT2D eigenvalue weighted by molar-refractivity contribution is 0.157. The molecule has 0 heteroatoms. The van der Waals surface area contributed by atoms with E-state index in [0.29, 0.717) is 0 Å². The SMILES string of the molecule is C[C@@H]1C[C@@H](C)[C@H](C)C[C@H]1C. The highest BCUT2D eigenvalue weighted by molar-refractivity contribution is 4.77. The molecule has 0 nitrogen and oxygen atoms in total. The van der Waals surface area contributed by atoms with Gasteiger partial charge in [-0.15, -0.1) is 0 Å². The van der Waals surface area contributed by atoms with Crippen molar-refractivity contribution in [2.24, 2.45) is 23.7 Å². The highest BCUT2D eigenvalue weighted by Gasteiger charge is 2.26. The Hall–Kier alpha value is 0. The van der Waals surface area contributed by atoms with Gasteiger partial charge in [0.2, 0.25) is 0 Å². The van der Waals surface area contributed by atoms with E-state index in [1.54, 1.807) is 0 Å².